The van der Waals surface area contributed by atoms with Crippen molar-refractivity contribution < 1.29 is 28.6 Å². The normalized spacial score (nSPS) is 16.6. The van der Waals surface area contributed by atoms with Crippen LogP contribution in [0.3, 0.4) is 0 Å². The monoisotopic (exact) mass is 496 g/mol. The third kappa shape index (κ3) is 8.09. The lowest BCUT2D eigenvalue weighted by Gasteiger charge is -2.26. The molecule has 0 saturated carbocycles. The third-order valence-electron chi connectivity index (χ3n) is 5.47. The number of hydrogen-bond donors (Lipinski definition) is 1. The van der Waals surface area contributed by atoms with Crippen molar-refractivity contribution in [3.05, 3.63) is 71.3 Å². The number of cyclic esters (lactones) is 1. The summed E-state index contributed by atoms with van der Waals surface area (Å²) in [7, 11) is 0. The van der Waals surface area contributed by atoms with Crippen LogP contribution >= 0.6 is 0 Å². The average Bonchev–Trinajstić information content (AvgIpc) is 3.16. The Balaban J connectivity index is 1.71. The van der Waals surface area contributed by atoms with Crippen LogP contribution in [0.5, 0.6) is 0 Å². The van der Waals surface area contributed by atoms with Gasteiger partial charge in [-0.1, -0.05) is 54.6 Å². The molecule has 3 amide bonds. The van der Waals surface area contributed by atoms with E-state index in [-0.39, 0.29) is 25.7 Å². The van der Waals surface area contributed by atoms with Crippen LogP contribution in [0.25, 0.3) is 0 Å². The molecular formula is C28H36N2O6. The Morgan fingerprint density at radius 3 is 2.39 bits per heavy atom. The Morgan fingerprint density at radius 1 is 1.06 bits per heavy atom. The highest BCUT2D eigenvalue weighted by molar-refractivity contribution is 5.96. The Hall–Kier alpha value is -3.39. The Labute approximate surface area is 212 Å². The Kier molecular flexibility index (Phi) is 9.09. The first kappa shape index (κ1) is 27.2. The highest BCUT2D eigenvalue weighted by atomic mass is 16.6. The fourth-order valence-electron chi connectivity index (χ4n) is 4.01. The van der Waals surface area contributed by atoms with Crippen LogP contribution in [-0.2, 0) is 38.4 Å². The van der Waals surface area contributed by atoms with E-state index in [4.69, 9.17) is 14.2 Å². The van der Waals surface area contributed by atoms with Gasteiger partial charge in [0.15, 0.2) is 0 Å². The number of ether oxygens (including phenoxy) is 3. The van der Waals surface area contributed by atoms with Gasteiger partial charge in [-0.05, 0) is 57.7 Å². The summed E-state index contributed by atoms with van der Waals surface area (Å²) in [5, 5.41) is 2.74. The highest BCUT2D eigenvalue weighted by Gasteiger charge is 2.41. The van der Waals surface area contributed by atoms with Gasteiger partial charge < -0.3 is 19.5 Å². The lowest BCUT2D eigenvalue weighted by molar-refractivity contribution is -0.144. The van der Waals surface area contributed by atoms with Gasteiger partial charge in [-0.2, -0.15) is 0 Å². The van der Waals surface area contributed by atoms with Gasteiger partial charge >= 0.3 is 12.2 Å². The number of hydrogen-bond acceptors (Lipinski definition) is 6. The molecular weight excluding hydrogens is 460 g/mol. The molecule has 0 spiro atoms. The molecule has 0 bridgehead atoms. The molecule has 0 aromatic heterocycles. The third-order valence-corrected chi connectivity index (χ3v) is 5.47. The fraction of sp³-hybridized carbons (Fsp3) is 0.464. The number of nitrogens with one attached hydrogen (secondary N) is 1. The van der Waals surface area contributed by atoms with Gasteiger partial charge in [-0.15, -0.1) is 0 Å². The summed E-state index contributed by atoms with van der Waals surface area (Å²) in [5.41, 5.74) is 2.15. The SMILES string of the molecule is CC(C)OC(Cc1cccc(CNC(=O)OC(C)(C)C)c1)C(=O)N1C(=O)OCC1Cc1ccccc1. The average molecular weight is 497 g/mol. The van der Waals surface area contributed by atoms with E-state index >= 15 is 0 Å². The minimum atomic E-state index is -0.858. The van der Waals surface area contributed by atoms with Crippen molar-refractivity contribution in [2.45, 2.75) is 77.9 Å². The summed E-state index contributed by atoms with van der Waals surface area (Å²) >= 11 is 0. The largest absolute Gasteiger partial charge is 0.447 e. The number of amides is 3. The number of rotatable bonds is 9. The number of imide groups is 1. The second-order valence-corrected chi connectivity index (χ2v) is 10.2. The summed E-state index contributed by atoms with van der Waals surface area (Å²) in [6.07, 6.45) is -1.43. The molecule has 2 unspecified atom stereocenters. The summed E-state index contributed by atoms with van der Waals surface area (Å²) < 4.78 is 16.5. The molecule has 194 valence electrons. The maximum atomic E-state index is 13.6. The minimum absolute atomic E-state index is 0.152. The first-order chi connectivity index (χ1) is 17.0. The maximum Gasteiger partial charge on any atom is 0.417 e. The van der Waals surface area contributed by atoms with Crippen molar-refractivity contribution in [2.24, 2.45) is 0 Å². The smallest absolute Gasteiger partial charge is 0.417 e. The lowest BCUT2D eigenvalue weighted by Crippen LogP contribution is -2.47. The molecule has 1 aliphatic rings. The number of carbonyl (C=O) groups excluding carboxylic acids is 3. The van der Waals surface area contributed by atoms with Gasteiger partial charge in [0.2, 0.25) is 0 Å². The van der Waals surface area contributed by atoms with E-state index < -0.39 is 35.8 Å². The first-order valence-corrected chi connectivity index (χ1v) is 12.3. The molecule has 36 heavy (non-hydrogen) atoms. The van der Waals surface area contributed by atoms with E-state index in [1.54, 1.807) is 20.8 Å². The van der Waals surface area contributed by atoms with Crippen molar-refractivity contribution in [2.75, 3.05) is 6.61 Å². The predicted octanol–water partition coefficient (Wildman–Crippen LogP) is 4.64. The summed E-state index contributed by atoms with van der Waals surface area (Å²) in [4.78, 5) is 39.3. The summed E-state index contributed by atoms with van der Waals surface area (Å²) in [5.74, 6) is -0.413. The van der Waals surface area contributed by atoms with Gasteiger partial charge in [-0.25, -0.2) is 14.5 Å². The molecule has 8 nitrogen and oxygen atoms in total. The van der Waals surface area contributed by atoms with Gasteiger partial charge in [-0.3, -0.25) is 4.79 Å². The molecule has 2 aromatic rings. The molecule has 2 atom stereocenters. The summed E-state index contributed by atoms with van der Waals surface area (Å²) in [6, 6.07) is 16.9. The summed E-state index contributed by atoms with van der Waals surface area (Å²) in [6.45, 7) is 9.55. The molecule has 1 heterocycles. The van der Waals surface area contributed by atoms with E-state index in [2.05, 4.69) is 5.32 Å². The topological polar surface area (TPSA) is 94.2 Å². The number of carbonyl (C=O) groups is 3. The van der Waals surface area contributed by atoms with Crippen LogP contribution in [0.1, 0.15) is 51.3 Å². The van der Waals surface area contributed by atoms with Crippen molar-refractivity contribution >= 4 is 18.1 Å². The van der Waals surface area contributed by atoms with E-state index in [1.165, 1.54) is 4.90 Å². The molecule has 1 N–H and O–H groups in total. The van der Waals surface area contributed by atoms with Crippen LogP contribution in [-0.4, -0.2) is 53.5 Å². The van der Waals surface area contributed by atoms with Crippen LogP contribution in [0.15, 0.2) is 54.6 Å². The number of alkyl carbamates (subject to hydrolysis) is 1. The highest BCUT2D eigenvalue weighted by Crippen LogP contribution is 2.22. The zero-order valence-corrected chi connectivity index (χ0v) is 21.7. The molecule has 3 rings (SSSR count). The van der Waals surface area contributed by atoms with E-state index in [0.29, 0.717) is 6.42 Å². The molecule has 2 aromatic carbocycles. The second-order valence-electron chi connectivity index (χ2n) is 10.2. The van der Waals surface area contributed by atoms with Crippen molar-refractivity contribution in [1.82, 2.24) is 10.2 Å². The van der Waals surface area contributed by atoms with Crippen LogP contribution < -0.4 is 5.32 Å². The van der Waals surface area contributed by atoms with Gasteiger partial charge in [0.1, 0.15) is 18.3 Å². The van der Waals surface area contributed by atoms with Gasteiger partial charge in [0.05, 0.1) is 12.1 Å². The van der Waals surface area contributed by atoms with Gasteiger partial charge in [0, 0.05) is 13.0 Å². The van der Waals surface area contributed by atoms with E-state index in [9.17, 15) is 14.4 Å². The zero-order valence-electron chi connectivity index (χ0n) is 21.7. The van der Waals surface area contributed by atoms with E-state index in [0.717, 1.165) is 16.7 Å². The number of benzene rings is 2. The predicted molar refractivity (Wildman–Crippen MR) is 135 cm³/mol. The zero-order chi connectivity index (χ0) is 26.3. The molecule has 1 aliphatic heterocycles. The van der Waals surface area contributed by atoms with Crippen LogP contribution in [0.4, 0.5) is 9.59 Å². The maximum absolute atomic E-state index is 13.6. The molecule has 1 fully saturated rings. The fourth-order valence-corrected chi connectivity index (χ4v) is 4.01. The molecule has 1 saturated heterocycles. The lowest BCUT2D eigenvalue weighted by atomic mass is 10.0. The van der Waals surface area contributed by atoms with Crippen LogP contribution in [0.2, 0.25) is 0 Å². The minimum Gasteiger partial charge on any atom is -0.447 e. The molecule has 0 aliphatic carbocycles. The standard InChI is InChI=1S/C28H36N2O6/c1-19(2)35-24(16-21-12-9-13-22(14-21)17-29-26(32)36-28(3,4)5)25(31)30-23(18-34-27(30)33)15-20-10-7-6-8-11-20/h6-14,19,23-24H,15-18H2,1-5H3,(H,29,32). The van der Waals surface area contributed by atoms with Crippen molar-refractivity contribution in [3.8, 4) is 0 Å². The Bertz CT molecular complexity index is 1050. The van der Waals surface area contributed by atoms with Crippen molar-refractivity contribution in [3.63, 3.8) is 0 Å². The quantitative estimate of drug-likeness (QED) is 0.544. The first-order valence-electron chi connectivity index (χ1n) is 12.3. The molecule has 0 radical (unpaired) electrons. The van der Waals surface area contributed by atoms with Crippen LogP contribution in [0, 0.1) is 0 Å². The number of nitrogens with zero attached hydrogens (tertiary/aromatic N) is 1. The molecule has 8 heteroatoms. The Morgan fingerprint density at radius 2 is 1.72 bits per heavy atom. The van der Waals surface area contributed by atoms with Gasteiger partial charge in [0.25, 0.3) is 5.91 Å². The second kappa shape index (κ2) is 12.0. The van der Waals surface area contributed by atoms with Crippen molar-refractivity contribution in [1.29, 1.82) is 0 Å². The van der Waals surface area contributed by atoms with E-state index in [1.807, 2.05) is 68.4 Å².